The molecule has 0 spiro atoms. The van der Waals surface area contributed by atoms with Crippen molar-refractivity contribution in [3.05, 3.63) is 34.6 Å². The van der Waals surface area contributed by atoms with Gasteiger partial charge in [0.05, 0.1) is 6.61 Å². The van der Waals surface area contributed by atoms with E-state index in [1.165, 1.54) is 12.1 Å². The second-order valence-electron chi connectivity index (χ2n) is 5.07. The van der Waals surface area contributed by atoms with Gasteiger partial charge in [-0.25, -0.2) is 4.39 Å². The largest absolute Gasteiger partial charge is 0.381 e. The molecular weight excluding hydrogens is 265 g/mol. The molecule has 0 radical (unpaired) electrons. The number of ether oxygens (including phenoxy) is 1. The molecule has 1 heterocycles. The molecular formula is C15H21ClFNO. The Balaban J connectivity index is 2.19. The van der Waals surface area contributed by atoms with E-state index in [4.69, 9.17) is 16.3 Å². The van der Waals surface area contributed by atoms with Crippen LogP contribution in [-0.4, -0.2) is 19.8 Å². The van der Waals surface area contributed by atoms with Crippen molar-refractivity contribution in [1.29, 1.82) is 0 Å². The zero-order valence-corrected chi connectivity index (χ0v) is 12.0. The molecule has 1 saturated heterocycles. The highest BCUT2D eigenvalue weighted by Crippen LogP contribution is 2.33. The van der Waals surface area contributed by atoms with Crippen LogP contribution in [0.15, 0.2) is 18.2 Å². The highest BCUT2D eigenvalue weighted by atomic mass is 35.5. The minimum Gasteiger partial charge on any atom is -0.381 e. The van der Waals surface area contributed by atoms with E-state index in [0.717, 1.165) is 44.6 Å². The molecule has 2 atom stereocenters. The number of hydrogen-bond acceptors (Lipinski definition) is 2. The van der Waals surface area contributed by atoms with E-state index < -0.39 is 0 Å². The third-order valence-corrected chi connectivity index (χ3v) is 3.91. The zero-order valence-electron chi connectivity index (χ0n) is 11.3. The van der Waals surface area contributed by atoms with Crippen LogP contribution < -0.4 is 5.32 Å². The van der Waals surface area contributed by atoms with E-state index in [9.17, 15) is 4.39 Å². The second-order valence-corrected chi connectivity index (χ2v) is 5.48. The minimum absolute atomic E-state index is 0.147. The van der Waals surface area contributed by atoms with Gasteiger partial charge >= 0.3 is 0 Å². The maximum absolute atomic E-state index is 13.2. The van der Waals surface area contributed by atoms with Gasteiger partial charge in [0, 0.05) is 23.6 Å². The highest BCUT2D eigenvalue weighted by Gasteiger charge is 2.26. The van der Waals surface area contributed by atoms with Crippen molar-refractivity contribution < 1.29 is 9.13 Å². The van der Waals surface area contributed by atoms with Gasteiger partial charge in [0.2, 0.25) is 0 Å². The first-order valence-electron chi connectivity index (χ1n) is 6.98. The molecule has 0 saturated carbocycles. The predicted octanol–water partition coefficient (Wildman–Crippen LogP) is 3.95. The lowest BCUT2D eigenvalue weighted by molar-refractivity contribution is 0.0390. The van der Waals surface area contributed by atoms with Gasteiger partial charge in [-0.3, -0.25) is 0 Å². The Morgan fingerprint density at radius 1 is 1.53 bits per heavy atom. The van der Waals surface area contributed by atoms with Gasteiger partial charge in [-0.05, 0) is 43.5 Å². The molecule has 1 fully saturated rings. The van der Waals surface area contributed by atoms with E-state index in [2.05, 4.69) is 12.2 Å². The molecule has 106 valence electrons. The molecule has 4 heteroatoms. The summed E-state index contributed by atoms with van der Waals surface area (Å²) in [6.07, 6.45) is 3.26. The summed E-state index contributed by atoms with van der Waals surface area (Å²) in [4.78, 5) is 0. The van der Waals surface area contributed by atoms with Gasteiger partial charge in [-0.1, -0.05) is 24.6 Å². The van der Waals surface area contributed by atoms with Crippen molar-refractivity contribution >= 4 is 11.6 Å². The average molecular weight is 286 g/mol. The summed E-state index contributed by atoms with van der Waals surface area (Å²) < 4.78 is 18.7. The first kappa shape index (κ1) is 14.8. The maximum Gasteiger partial charge on any atom is 0.124 e. The summed E-state index contributed by atoms with van der Waals surface area (Å²) in [5, 5.41) is 4.03. The number of benzene rings is 1. The van der Waals surface area contributed by atoms with E-state index in [1.54, 1.807) is 6.07 Å². The van der Waals surface area contributed by atoms with Crippen LogP contribution in [0.25, 0.3) is 0 Å². The lowest BCUT2D eigenvalue weighted by Gasteiger charge is -2.32. The van der Waals surface area contributed by atoms with Crippen molar-refractivity contribution in [1.82, 2.24) is 5.32 Å². The molecule has 2 rings (SSSR count). The summed E-state index contributed by atoms with van der Waals surface area (Å²) in [6.45, 7) is 4.64. The van der Waals surface area contributed by atoms with E-state index >= 15 is 0 Å². The Labute approximate surface area is 119 Å². The molecule has 1 aromatic carbocycles. The summed E-state index contributed by atoms with van der Waals surface area (Å²) in [5.41, 5.74) is 0.979. The fraction of sp³-hybridized carbons (Fsp3) is 0.600. The molecule has 1 aliphatic heterocycles. The quantitative estimate of drug-likeness (QED) is 0.884. The minimum atomic E-state index is -0.289. The Hall–Kier alpha value is -0.640. The molecule has 1 aromatic rings. The SMILES string of the molecule is CCCNC(c1ccc(F)cc1Cl)C1CCCOC1. The van der Waals surface area contributed by atoms with Crippen molar-refractivity contribution in [2.75, 3.05) is 19.8 Å². The molecule has 0 bridgehead atoms. The van der Waals surface area contributed by atoms with Gasteiger partial charge in [0.25, 0.3) is 0 Å². The Morgan fingerprint density at radius 2 is 2.37 bits per heavy atom. The molecule has 0 aliphatic carbocycles. The summed E-state index contributed by atoms with van der Waals surface area (Å²) in [5.74, 6) is 0.117. The van der Waals surface area contributed by atoms with Crippen LogP contribution in [0.5, 0.6) is 0 Å². The van der Waals surface area contributed by atoms with Gasteiger partial charge in [0.1, 0.15) is 5.82 Å². The number of nitrogens with one attached hydrogen (secondary N) is 1. The van der Waals surface area contributed by atoms with Crippen LogP contribution in [0.3, 0.4) is 0 Å². The van der Waals surface area contributed by atoms with Crippen LogP contribution in [0.1, 0.15) is 37.8 Å². The molecule has 1 N–H and O–H groups in total. The molecule has 0 aromatic heterocycles. The van der Waals surface area contributed by atoms with Crippen molar-refractivity contribution in [3.8, 4) is 0 Å². The monoisotopic (exact) mass is 285 g/mol. The predicted molar refractivity (Wildman–Crippen MR) is 76.0 cm³/mol. The number of halogens is 2. The molecule has 2 nitrogen and oxygen atoms in total. The number of rotatable bonds is 5. The molecule has 19 heavy (non-hydrogen) atoms. The lowest BCUT2D eigenvalue weighted by Crippen LogP contribution is -2.34. The summed E-state index contributed by atoms with van der Waals surface area (Å²) in [7, 11) is 0. The topological polar surface area (TPSA) is 21.3 Å². The zero-order chi connectivity index (χ0) is 13.7. The molecule has 0 amide bonds. The third-order valence-electron chi connectivity index (χ3n) is 3.58. The van der Waals surface area contributed by atoms with E-state index in [-0.39, 0.29) is 11.9 Å². The van der Waals surface area contributed by atoms with Gasteiger partial charge in [-0.2, -0.15) is 0 Å². The standard InChI is InChI=1S/C15H21ClFNO/c1-2-7-18-15(11-4-3-8-19-10-11)13-6-5-12(17)9-14(13)16/h5-6,9,11,15,18H,2-4,7-8,10H2,1H3. The second kappa shape index (κ2) is 7.22. The first-order valence-corrected chi connectivity index (χ1v) is 7.36. The first-order chi connectivity index (χ1) is 9.22. The Morgan fingerprint density at radius 3 is 3.00 bits per heavy atom. The fourth-order valence-corrected chi connectivity index (χ4v) is 2.90. The van der Waals surface area contributed by atoms with Gasteiger partial charge < -0.3 is 10.1 Å². The fourth-order valence-electron chi connectivity index (χ4n) is 2.61. The molecule has 2 unspecified atom stereocenters. The third kappa shape index (κ3) is 3.91. The Kier molecular flexibility index (Phi) is 5.61. The summed E-state index contributed by atoms with van der Waals surface area (Å²) in [6, 6.07) is 4.81. The van der Waals surface area contributed by atoms with Crippen LogP contribution in [0.2, 0.25) is 5.02 Å². The van der Waals surface area contributed by atoms with Crippen molar-refractivity contribution in [3.63, 3.8) is 0 Å². The number of hydrogen-bond donors (Lipinski definition) is 1. The maximum atomic E-state index is 13.2. The lowest BCUT2D eigenvalue weighted by atomic mass is 9.88. The van der Waals surface area contributed by atoms with Gasteiger partial charge in [-0.15, -0.1) is 0 Å². The Bertz CT molecular complexity index is 407. The van der Waals surface area contributed by atoms with Crippen molar-refractivity contribution in [2.45, 2.75) is 32.2 Å². The smallest absolute Gasteiger partial charge is 0.124 e. The van der Waals surface area contributed by atoms with Crippen LogP contribution in [0, 0.1) is 11.7 Å². The van der Waals surface area contributed by atoms with Crippen molar-refractivity contribution in [2.24, 2.45) is 5.92 Å². The van der Waals surface area contributed by atoms with Crippen LogP contribution in [-0.2, 0) is 4.74 Å². The highest BCUT2D eigenvalue weighted by molar-refractivity contribution is 6.31. The van der Waals surface area contributed by atoms with Crippen LogP contribution >= 0.6 is 11.6 Å². The normalized spacial score (nSPS) is 21.3. The van der Waals surface area contributed by atoms with E-state index in [1.807, 2.05) is 0 Å². The van der Waals surface area contributed by atoms with Crippen LogP contribution in [0.4, 0.5) is 4.39 Å². The summed E-state index contributed by atoms with van der Waals surface area (Å²) >= 11 is 6.20. The van der Waals surface area contributed by atoms with Gasteiger partial charge in [0.15, 0.2) is 0 Å². The molecule has 1 aliphatic rings. The van der Waals surface area contributed by atoms with E-state index in [0.29, 0.717) is 10.9 Å². The average Bonchev–Trinajstić information content (AvgIpc) is 2.42.